The highest BCUT2D eigenvalue weighted by Crippen LogP contribution is 2.18. The van der Waals surface area contributed by atoms with Gasteiger partial charge in [0.1, 0.15) is 11.9 Å². The van der Waals surface area contributed by atoms with E-state index in [1.165, 1.54) is 0 Å². The van der Waals surface area contributed by atoms with E-state index in [-0.39, 0.29) is 0 Å². The molecule has 1 N–H and O–H groups in total. The molecule has 0 radical (unpaired) electrons. The Balaban J connectivity index is 2.76. The quantitative estimate of drug-likeness (QED) is 0.824. The lowest BCUT2D eigenvalue weighted by molar-refractivity contribution is 0.437. The van der Waals surface area contributed by atoms with Gasteiger partial charge in [0.05, 0.1) is 5.56 Å². The minimum absolute atomic E-state index is 0.344. The fourth-order valence-electron chi connectivity index (χ4n) is 1.94. The predicted molar refractivity (Wildman–Crippen MR) is 66.1 cm³/mol. The zero-order valence-corrected chi connectivity index (χ0v) is 10.2. The number of pyridine rings is 1. The van der Waals surface area contributed by atoms with Gasteiger partial charge in [-0.3, -0.25) is 0 Å². The fourth-order valence-corrected chi connectivity index (χ4v) is 1.94. The SMILES string of the molecule is CCC(CC)C(C)Nc1ncccc1C#N. The van der Waals surface area contributed by atoms with E-state index in [0.29, 0.717) is 23.3 Å². The summed E-state index contributed by atoms with van der Waals surface area (Å²) in [7, 11) is 0. The molecule has 3 nitrogen and oxygen atoms in total. The highest BCUT2D eigenvalue weighted by molar-refractivity contribution is 5.51. The lowest BCUT2D eigenvalue weighted by atomic mass is 9.95. The van der Waals surface area contributed by atoms with E-state index in [1.807, 2.05) is 0 Å². The van der Waals surface area contributed by atoms with Gasteiger partial charge in [0.25, 0.3) is 0 Å². The van der Waals surface area contributed by atoms with Crippen molar-refractivity contribution in [2.45, 2.75) is 39.7 Å². The highest BCUT2D eigenvalue weighted by atomic mass is 15.0. The van der Waals surface area contributed by atoms with Crippen LogP contribution in [0, 0.1) is 17.2 Å². The van der Waals surface area contributed by atoms with E-state index in [2.05, 4.69) is 37.1 Å². The molecule has 0 aliphatic heterocycles. The minimum Gasteiger partial charge on any atom is -0.366 e. The van der Waals surface area contributed by atoms with Crippen LogP contribution in [0.2, 0.25) is 0 Å². The van der Waals surface area contributed by atoms with Crippen LogP contribution in [0.3, 0.4) is 0 Å². The van der Waals surface area contributed by atoms with Gasteiger partial charge in [-0.1, -0.05) is 26.7 Å². The summed E-state index contributed by atoms with van der Waals surface area (Å²) in [5.41, 5.74) is 0.611. The van der Waals surface area contributed by atoms with Crippen LogP contribution in [-0.4, -0.2) is 11.0 Å². The molecule has 1 atom stereocenters. The number of rotatable bonds is 5. The number of aromatic nitrogens is 1. The molecule has 0 amide bonds. The van der Waals surface area contributed by atoms with Gasteiger partial charge in [-0.25, -0.2) is 4.98 Å². The summed E-state index contributed by atoms with van der Waals surface area (Å²) in [4.78, 5) is 4.21. The monoisotopic (exact) mass is 217 g/mol. The Bertz CT molecular complexity index is 364. The van der Waals surface area contributed by atoms with Crippen LogP contribution in [0.15, 0.2) is 18.3 Å². The van der Waals surface area contributed by atoms with Crippen molar-refractivity contribution in [2.75, 3.05) is 5.32 Å². The molecule has 0 aliphatic rings. The number of anilines is 1. The average molecular weight is 217 g/mol. The van der Waals surface area contributed by atoms with Crippen molar-refractivity contribution in [2.24, 2.45) is 5.92 Å². The van der Waals surface area contributed by atoms with Crippen LogP contribution in [0.4, 0.5) is 5.82 Å². The molecule has 3 heteroatoms. The first-order valence-corrected chi connectivity index (χ1v) is 5.84. The lowest BCUT2D eigenvalue weighted by Gasteiger charge is -2.23. The van der Waals surface area contributed by atoms with Gasteiger partial charge in [-0.2, -0.15) is 5.26 Å². The summed E-state index contributed by atoms with van der Waals surface area (Å²) in [6.45, 7) is 6.53. The van der Waals surface area contributed by atoms with Crippen molar-refractivity contribution in [3.8, 4) is 6.07 Å². The van der Waals surface area contributed by atoms with E-state index in [0.717, 1.165) is 12.8 Å². The summed E-state index contributed by atoms with van der Waals surface area (Å²) in [5.74, 6) is 1.32. The summed E-state index contributed by atoms with van der Waals surface area (Å²) in [6.07, 6.45) is 3.99. The van der Waals surface area contributed by atoms with E-state index < -0.39 is 0 Å². The van der Waals surface area contributed by atoms with Gasteiger partial charge in [-0.15, -0.1) is 0 Å². The molecule has 0 fully saturated rings. The van der Waals surface area contributed by atoms with Gasteiger partial charge < -0.3 is 5.32 Å². The molecule has 86 valence electrons. The average Bonchev–Trinajstić information content (AvgIpc) is 2.31. The second-order valence-corrected chi connectivity index (χ2v) is 4.02. The molecule has 1 heterocycles. The topological polar surface area (TPSA) is 48.7 Å². The molecule has 1 rings (SSSR count). The number of nitrogens with zero attached hydrogens (tertiary/aromatic N) is 2. The maximum atomic E-state index is 8.95. The maximum Gasteiger partial charge on any atom is 0.144 e. The second kappa shape index (κ2) is 6.12. The van der Waals surface area contributed by atoms with Crippen molar-refractivity contribution in [3.63, 3.8) is 0 Å². The Morgan fingerprint density at radius 1 is 1.44 bits per heavy atom. The smallest absolute Gasteiger partial charge is 0.144 e. The molecule has 0 aliphatic carbocycles. The van der Waals surface area contributed by atoms with Gasteiger partial charge in [0.2, 0.25) is 0 Å². The molecule has 0 saturated carbocycles. The van der Waals surface area contributed by atoms with Crippen LogP contribution in [0.5, 0.6) is 0 Å². The molecule has 1 aromatic rings. The number of nitrogens with one attached hydrogen (secondary N) is 1. The van der Waals surface area contributed by atoms with E-state index in [9.17, 15) is 0 Å². The first-order chi connectivity index (χ1) is 7.72. The largest absolute Gasteiger partial charge is 0.366 e. The van der Waals surface area contributed by atoms with Gasteiger partial charge in [-0.05, 0) is 25.0 Å². The van der Waals surface area contributed by atoms with Gasteiger partial charge >= 0.3 is 0 Å². The molecule has 0 spiro atoms. The molecule has 0 aromatic carbocycles. The van der Waals surface area contributed by atoms with E-state index >= 15 is 0 Å². The standard InChI is InChI=1S/C13H19N3/c1-4-11(5-2)10(3)16-13-12(9-14)7-6-8-15-13/h6-8,10-11H,4-5H2,1-3H3,(H,15,16). The van der Waals surface area contributed by atoms with Gasteiger partial charge in [0, 0.05) is 12.2 Å². The Morgan fingerprint density at radius 3 is 2.69 bits per heavy atom. The number of hydrogen-bond donors (Lipinski definition) is 1. The van der Waals surface area contributed by atoms with E-state index in [1.54, 1.807) is 18.3 Å². The summed E-state index contributed by atoms with van der Waals surface area (Å²) < 4.78 is 0. The van der Waals surface area contributed by atoms with Crippen LogP contribution >= 0.6 is 0 Å². The zero-order valence-electron chi connectivity index (χ0n) is 10.2. The third kappa shape index (κ3) is 2.96. The van der Waals surface area contributed by atoms with Crippen molar-refractivity contribution in [1.29, 1.82) is 5.26 Å². The van der Waals surface area contributed by atoms with Crippen LogP contribution in [0.25, 0.3) is 0 Å². The number of nitriles is 1. The van der Waals surface area contributed by atoms with Crippen molar-refractivity contribution in [3.05, 3.63) is 23.9 Å². The minimum atomic E-state index is 0.344. The Hall–Kier alpha value is -1.56. The Kier molecular flexibility index (Phi) is 4.78. The van der Waals surface area contributed by atoms with Crippen LogP contribution in [-0.2, 0) is 0 Å². The third-order valence-electron chi connectivity index (χ3n) is 3.05. The van der Waals surface area contributed by atoms with Gasteiger partial charge in [0.15, 0.2) is 0 Å². The molecule has 1 aromatic heterocycles. The molecular weight excluding hydrogens is 198 g/mol. The molecule has 0 saturated heterocycles. The molecular formula is C13H19N3. The Labute approximate surface area is 97.5 Å². The second-order valence-electron chi connectivity index (χ2n) is 4.02. The first kappa shape index (κ1) is 12.5. The highest BCUT2D eigenvalue weighted by Gasteiger charge is 2.14. The zero-order chi connectivity index (χ0) is 12.0. The van der Waals surface area contributed by atoms with E-state index in [4.69, 9.17) is 5.26 Å². The molecule has 0 bridgehead atoms. The Morgan fingerprint density at radius 2 is 2.12 bits per heavy atom. The fraction of sp³-hybridized carbons (Fsp3) is 0.538. The predicted octanol–water partition coefficient (Wildman–Crippen LogP) is 3.19. The summed E-state index contributed by atoms with van der Waals surface area (Å²) in [5, 5.41) is 12.3. The third-order valence-corrected chi connectivity index (χ3v) is 3.05. The van der Waals surface area contributed by atoms with Crippen molar-refractivity contribution in [1.82, 2.24) is 4.98 Å². The van der Waals surface area contributed by atoms with Crippen molar-refractivity contribution < 1.29 is 0 Å². The lowest BCUT2D eigenvalue weighted by Crippen LogP contribution is -2.25. The van der Waals surface area contributed by atoms with Crippen LogP contribution in [0.1, 0.15) is 39.2 Å². The normalized spacial score (nSPS) is 12.2. The summed E-state index contributed by atoms with van der Waals surface area (Å²) in [6, 6.07) is 6.07. The van der Waals surface area contributed by atoms with Crippen LogP contribution < -0.4 is 5.32 Å². The molecule has 16 heavy (non-hydrogen) atoms. The molecule has 1 unspecified atom stereocenters. The first-order valence-electron chi connectivity index (χ1n) is 5.84. The van der Waals surface area contributed by atoms with Crippen molar-refractivity contribution >= 4 is 5.82 Å². The number of hydrogen-bond acceptors (Lipinski definition) is 3. The summed E-state index contributed by atoms with van der Waals surface area (Å²) >= 11 is 0. The maximum absolute atomic E-state index is 8.95.